The SMILES string of the molecule is Cc1ccc(NC(C)CC2COCCN2)c([N+](=O)[O-])c1. The van der Waals surface area contributed by atoms with Crippen LogP contribution in [0.25, 0.3) is 0 Å². The summed E-state index contributed by atoms with van der Waals surface area (Å²) in [6, 6.07) is 5.68. The van der Waals surface area contributed by atoms with Gasteiger partial charge in [-0.2, -0.15) is 0 Å². The van der Waals surface area contributed by atoms with Crippen LogP contribution in [0.3, 0.4) is 0 Å². The molecule has 1 saturated heterocycles. The Balaban J connectivity index is 1.99. The zero-order valence-electron chi connectivity index (χ0n) is 11.9. The monoisotopic (exact) mass is 279 g/mol. The number of hydrogen-bond acceptors (Lipinski definition) is 5. The summed E-state index contributed by atoms with van der Waals surface area (Å²) in [5.74, 6) is 0. The first-order valence-corrected chi connectivity index (χ1v) is 6.89. The number of rotatable bonds is 5. The molecule has 1 heterocycles. The van der Waals surface area contributed by atoms with E-state index in [0.29, 0.717) is 18.3 Å². The zero-order valence-corrected chi connectivity index (χ0v) is 11.9. The highest BCUT2D eigenvalue weighted by atomic mass is 16.6. The van der Waals surface area contributed by atoms with E-state index in [1.807, 2.05) is 19.9 Å². The molecule has 2 unspecified atom stereocenters. The van der Waals surface area contributed by atoms with Crippen LogP contribution < -0.4 is 10.6 Å². The van der Waals surface area contributed by atoms with E-state index < -0.39 is 0 Å². The molecule has 20 heavy (non-hydrogen) atoms. The van der Waals surface area contributed by atoms with Crippen molar-refractivity contribution >= 4 is 11.4 Å². The number of aryl methyl sites for hydroxylation is 1. The third-order valence-electron chi connectivity index (χ3n) is 3.39. The molecule has 0 aliphatic carbocycles. The van der Waals surface area contributed by atoms with Crippen molar-refractivity contribution < 1.29 is 9.66 Å². The second-order valence-electron chi connectivity index (χ2n) is 5.28. The Bertz CT molecular complexity index is 473. The highest BCUT2D eigenvalue weighted by Crippen LogP contribution is 2.26. The van der Waals surface area contributed by atoms with E-state index in [4.69, 9.17) is 4.74 Å². The molecule has 0 saturated carbocycles. The number of benzene rings is 1. The fourth-order valence-corrected chi connectivity index (χ4v) is 2.44. The Hall–Kier alpha value is -1.66. The van der Waals surface area contributed by atoms with Crippen LogP contribution in [-0.4, -0.2) is 36.8 Å². The molecule has 0 radical (unpaired) electrons. The van der Waals surface area contributed by atoms with Crippen LogP contribution in [0.2, 0.25) is 0 Å². The standard InChI is InChI=1S/C14H21N3O3/c1-10-3-4-13(14(7-10)17(18)19)16-11(2)8-12-9-20-6-5-15-12/h3-4,7,11-12,15-16H,5-6,8-9H2,1-2H3. The van der Waals surface area contributed by atoms with Crippen molar-refractivity contribution in [3.63, 3.8) is 0 Å². The lowest BCUT2D eigenvalue weighted by atomic mass is 10.1. The van der Waals surface area contributed by atoms with Crippen LogP contribution in [-0.2, 0) is 4.74 Å². The van der Waals surface area contributed by atoms with E-state index in [1.54, 1.807) is 12.1 Å². The number of nitrogens with zero attached hydrogens (tertiary/aromatic N) is 1. The predicted octanol–water partition coefficient (Wildman–Crippen LogP) is 2.08. The second kappa shape index (κ2) is 6.67. The topological polar surface area (TPSA) is 76.4 Å². The van der Waals surface area contributed by atoms with Gasteiger partial charge in [-0.1, -0.05) is 6.07 Å². The van der Waals surface area contributed by atoms with Crippen molar-refractivity contribution in [1.82, 2.24) is 5.32 Å². The Morgan fingerprint density at radius 3 is 3.05 bits per heavy atom. The van der Waals surface area contributed by atoms with Gasteiger partial charge in [-0.15, -0.1) is 0 Å². The second-order valence-corrected chi connectivity index (χ2v) is 5.28. The maximum absolute atomic E-state index is 11.1. The summed E-state index contributed by atoms with van der Waals surface area (Å²) < 4.78 is 5.41. The molecule has 1 aliphatic heterocycles. The van der Waals surface area contributed by atoms with E-state index in [1.165, 1.54) is 0 Å². The summed E-state index contributed by atoms with van der Waals surface area (Å²) >= 11 is 0. The average molecular weight is 279 g/mol. The lowest BCUT2D eigenvalue weighted by Crippen LogP contribution is -2.43. The first-order valence-electron chi connectivity index (χ1n) is 6.89. The van der Waals surface area contributed by atoms with Crippen molar-refractivity contribution in [2.75, 3.05) is 25.1 Å². The van der Waals surface area contributed by atoms with Crippen LogP contribution in [0.5, 0.6) is 0 Å². The average Bonchev–Trinajstić information content (AvgIpc) is 2.41. The maximum Gasteiger partial charge on any atom is 0.292 e. The van der Waals surface area contributed by atoms with E-state index in [9.17, 15) is 10.1 Å². The van der Waals surface area contributed by atoms with Gasteiger partial charge in [0.15, 0.2) is 0 Å². The Morgan fingerprint density at radius 2 is 2.40 bits per heavy atom. The quantitative estimate of drug-likeness (QED) is 0.637. The number of morpholine rings is 1. The van der Waals surface area contributed by atoms with Crippen molar-refractivity contribution in [2.24, 2.45) is 0 Å². The van der Waals surface area contributed by atoms with Gasteiger partial charge in [-0.3, -0.25) is 10.1 Å². The molecule has 1 aliphatic rings. The van der Waals surface area contributed by atoms with Crippen molar-refractivity contribution in [1.29, 1.82) is 0 Å². The van der Waals surface area contributed by atoms with Crippen molar-refractivity contribution in [3.8, 4) is 0 Å². The molecule has 0 spiro atoms. The van der Waals surface area contributed by atoms with Gasteiger partial charge in [0, 0.05) is 24.7 Å². The Morgan fingerprint density at radius 1 is 1.60 bits per heavy atom. The van der Waals surface area contributed by atoms with E-state index >= 15 is 0 Å². The van der Waals surface area contributed by atoms with Gasteiger partial charge in [0.25, 0.3) is 5.69 Å². The van der Waals surface area contributed by atoms with Gasteiger partial charge >= 0.3 is 0 Å². The molecule has 1 fully saturated rings. The Labute approximate surface area is 118 Å². The number of nitro benzene ring substituents is 1. The zero-order chi connectivity index (χ0) is 14.5. The molecule has 1 aromatic carbocycles. The number of hydrogen-bond donors (Lipinski definition) is 2. The normalized spacial score (nSPS) is 20.4. The molecule has 110 valence electrons. The van der Waals surface area contributed by atoms with Gasteiger partial charge in [0.2, 0.25) is 0 Å². The largest absolute Gasteiger partial charge is 0.379 e. The fourth-order valence-electron chi connectivity index (χ4n) is 2.44. The summed E-state index contributed by atoms with van der Waals surface area (Å²) in [4.78, 5) is 10.7. The third-order valence-corrected chi connectivity index (χ3v) is 3.39. The van der Waals surface area contributed by atoms with Crippen molar-refractivity contribution in [2.45, 2.75) is 32.4 Å². The van der Waals surface area contributed by atoms with Crippen LogP contribution in [0.15, 0.2) is 18.2 Å². The van der Waals surface area contributed by atoms with Crippen LogP contribution in [0.1, 0.15) is 18.9 Å². The molecular weight excluding hydrogens is 258 g/mol. The van der Waals surface area contributed by atoms with Crippen LogP contribution >= 0.6 is 0 Å². The van der Waals surface area contributed by atoms with Gasteiger partial charge in [0.05, 0.1) is 18.1 Å². The summed E-state index contributed by atoms with van der Waals surface area (Å²) in [5.41, 5.74) is 1.59. The van der Waals surface area contributed by atoms with Crippen molar-refractivity contribution in [3.05, 3.63) is 33.9 Å². The third kappa shape index (κ3) is 3.91. The Kier molecular flexibility index (Phi) is 4.92. The number of ether oxygens (including phenoxy) is 1. The van der Waals surface area contributed by atoms with E-state index in [0.717, 1.165) is 25.1 Å². The minimum absolute atomic E-state index is 0.129. The minimum atomic E-state index is -0.343. The predicted molar refractivity (Wildman–Crippen MR) is 78.1 cm³/mol. The molecule has 6 nitrogen and oxygen atoms in total. The molecule has 0 bridgehead atoms. The molecule has 1 aromatic rings. The smallest absolute Gasteiger partial charge is 0.292 e. The first-order chi connectivity index (χ1) is 9.56. The molecule has 6 heteroatoms. The number of nitrogens with one attached hydrogen (secondary N) is 2. The number of anilines is 1. The molecular formula is C14H21N3O3. The van der Waals surface area contributed by atoms with Gasteiger partial charge in [-0.25, -0.2) is 0 Å². The molecule has 2 N–H and O–H groups in total. The van der Waals surface area contributed by atoms with Gasteiger partial charge < -0.3 is 15.4 Å². The summed E-state index contributed by atoms with van der Waals surface area (Å²) in [6.07, 6.45) is 0.866. The minimum Gasteiger partial charge on any atom is -0.379 e. The van der Waals surface area contributed by atoms with Crippen LogP contribution in [0, 0.1) is 17.0 Å². The highest BCUT2D eigenvalue weighted by Gasteiger charge is 2.19. The summed E-state index contributed by atoms with van der Waals surface area (Å²) in [6.45, 7) is 6.19. The van der Waals surface area contributed by atoms with E-state index in [2.05, 4.69) is 10.6 Å². The van der Waals surface area contributed by atoms with Gasteiger partial charge in [0.1, 0.15) is 5.69 Å². The van der Waals surface area contributed by atoms with Crippen LogP contribution in [0.4, 0.5) is 11.4 Å². The lowest BCUT2D eigenvalue weighted by molar-refractivity contribution is -0.384. The van der Waals surface area contributed by atoms with E-state index in [-0.39, 0.29) is 16.7 Å². The highest BCUT2D eigenvalue weighted by molar-refractivity contribution is 5.62. The molecule has 2 rings (SSSR count). The summed E-state index contributed by atoms with van der Waals surface area (Å²) in [7, 11) is 0. The van der Waals surface area contributed by atoms with Gasteiger partial charge in [-0.05, 0) is 31.9 Å². The number of nitro groups is 1. The molecule has 0 aromatic heterocycles. The lowest BCUT2D eigenvalue weighted by Gasteiger charge is -2.27. The molecule has 0 amide bonds. The first kappa shape index (κ1) is 14.7. The maximum atomic E-state index is 11.1. The summed E-state index contributed by atoms with van der Waals surface area (Å²) in [5, 5.41) is 17.7. The molecule has 2 atom stereocenters. The fraction of sp³-hybridized carbons (Fsp3) is 0.571.